The number of thiophene rings is 4. The maximum atomic E-state index is 13.4. The van der Waals surface area contributed by atoms with Gasteiger partial charge in [-0.3, -0.25) is 4.79 Å². The molecule has 5 rings (SSSR count). The first-order valence-electron chi connectivity index (χ1n) is 15.7. The van der Waals surface area contributed by atoms with Gasteiger partial charge < -0.3 is 5.32 Å². The zero-order chi connectivity index (χ0) is 31.6. The van der Waals surface area contributed by atoms with E-state index in [0.29, 0.717) is 16.1 Å². The van der Waals surface area contributed by atoms with Crippen molar-refractivity contribution < 1.29 is 4.79 Å². The van der Waals surface area contributed by atoms with Crippen molar-refractivity contribution in [2.75, 3.05) is 5.32 Å². The molecule has 4 aromatic heterocycles. The molecule has 0 fully saturated rings. The summed E-state index contributed by atoms with van der Waals surface area (Å²) in [6.07, 6.45) is 11.9. The van der Waals surface area contributed by atoms with Gasteiger partial charge in [0.25, 0.3) is 5.91 Å². The van der Waals surface area contributed by atoms with Crippen molar-refractivity contribution in [3.63, 3.8) is 0 Å². The minimum Gasteiger partial charge on any atom is -0.321 e. The van der Waals surface area contributed by atoms with Crippen LogP contribution in [0, 0.1) is 22.7 Å². The van der Waals surface area contributed by atoms with Crippen LogP contribution in [0.4, 0.5) is 5.69 Å². The third kappa shape index (κ3) is 8.20. The second kappa shape index (κ2) is 16.2. The van der Waals surface area contributed by atoms with Crippen molar-refractivity contribution in [1.82, 2.24) is 0 Å². The summed E-state index contributed by atoms with van der Waals surface area (Å²) in [5.74, 6) is -0.198. The number of carbonyl (C=O) groups excluding carboxylic acids is 1. The first-order chi connectivity index (χ1) is 22.0. The predicted octanol–water partition coefficient (Wildman–Crippen LogP) is 12.2. The quantitative estimate of drug-likeness (QED) is 0.113. The molecule has 8 heteroatoms. The Hall–Kier alpha value is -3.53. The van der Waals surface area contributed by atoms with Gasteiger partial charge in [0, 0.05) is 35.0 Å². The minimum atomic E-state index is -0.198. The molecule has 0 radical (unpaired) electrons. The molecule has 0 saturated heterocycles. The Balaban J connectivity index is 1.36. The van der Waals surface area contributed by atoms with E-state index in [4.69, 9.17) is 0 Å². The summed E-state index contributed by atoms with van der Waals surface area (Å²) in [5, 5.41) is 23.8. The SMILES string of the molecule is CCCCCCc1ccsc1-c1ccc(-c2ccc(-c3sc(C(=O)Nc4ccc(C#N)c(C#N)c4)cc3CCCCCC)s2)s1. The Kier molecular flexibility index (Phi) is 11.8. The number of rotatable bonds is 15. The van der Waals surface area contributed by atoms with E-state index in [9.17, 15) is 15.3 Å². The van der Waals surface area contributed by atoms with E-state index in [1.165, 1.54) is 91.8 Å². The molecule has 1 N–H and O–H groups in total. The lowest BCUT2D eigenvalue weighted by Gasteiger charge is -2.04. The summed E-state index contributed by atoms with van der Waals surface area (Å²) in [6.45, 7) is 4.48. The molecule has 1 aromatic carbocycles. The lowest BCUT2D eigenvalue weighted by molar-refractivity contribution is 0.103. The van der Waals surface area contributed by atoms with Crippen LogP contribution in [0.3, 0.4) is 0 Å². The highest BCUT2D eigenvalue weighted by molar-refractivity contribution is 7.28. The zero-order valence-corrected chi connectivity index (χ0v) is 29.0. The lowest BCUT2D eigenvalue weighted by Crippen LogP contribution is -2.10. The molecule has 5 aromatic rings. The van der Waals surface area contributed by atoms with Crippen molar-refractivity contribution in [2.24, 2.45) is 0 Å². The Morgan fingerprint density at radius 2 is 1.29 bits per heavy atom. The summed E-state index contributed by atoms with van der Waals surface area (Å²) >= 11 is 7.04. The van der Waals surface area contributed by atoms with Gasteiger partial charge in [0.1, 0.15) is 12.1 Å². The Morgan fingerprint density at radius 1 is 0.667 bits per heavy atom. The molecular weight excluding hydrogens is 631 g/mol. The molecule has 0 atom stereocenters. The number of hydrogen-bond donors (Lipinski definition) is 1. The van der Waals surface area contributed by atoms with Gasteiger partial charge in [0.2, 0.25) is 0 Å². The smallest absolute Gasteiger partial charge is 0.265 e. The number of nitriles is 2. The number of nitrogens with zero attached hydrogens (tertiary/aromatic N) is 2. The summed E-state index contributed by atoms with van der Waals surface area (Å²) in [7, 11) is 0. The number of carbonyl (C=O) groups is 1. The number of aryl methyl sites for hydroxylation is 2. The van der Waals surface area contributed by atoms with Crippen LogP contribution in [-0.2, 0) is 12.8 Å². The molecule has 0 aliphatic carbocycles. The van der Waals surface area contributed by atoms with E-state index in [2.05, 4.69) is 54.9 Å². The van der Waals surface area contributed by atoms with E-state index < -0.39 is 0 Å². The average Bonchev–Trinajstić information content (AvgIpc) is 3.87. The first-order valence-corrected chi connectivity index (χ1v) is 19.0. The van der Waals surface area contributed by atoms with Gasteiger partial charge in [0.05, 0.1) is 16.0 Å². The second-order valence-electron chi connectivity index (χ2n) is 11.1. The number of anilines is 1. The van der Waals surface area contributed by atoms with Crippen LogP contribution in [0.25, 0.3) is 29.3 Å². The van der Waals surface area contributed by atoms with Crippen LogP contribution >= 0.6 is 45.3 Å². The third-order valence-corrected chi connectivity index (χ3v) is 12.7. The normalized spacial score (nSPS) is 10.9. The molecular formula is C37H37N3OS4. The largest absolute Gasteiger partial charge is 0.321 e. The summed E-state index contributed by atoms with van der Waals surface area (Å²) < 4.78 is 0. The molecule has 0 saturated carbocycles. The van der Waals surface area contributed by atoms with Gasteiger partial charge in [-0.2, -0.15) is 10.5 Å². The summed E-state index contributed by atoms with van der Waals surface area (Å²) in [5.41, 5.74) is 3.75. The van der Waals surface area contributed by atoms with Crippen molar-refractivity contribution in [3.8, 4) is 41.4 Å². The number of benzene rings is 1. The fourth-order valence-electron chi connectivity index (χ4n) is 5.36. The second-order valence-corrected chi connectivity index (χ2v) is 15.3. The molecule has 0 spiro atoms. The van der Waals surface area contributed by atoms with E-state index >= 15 is 0 Å². The molecule has 1 amide bonds. The van der Waals surface area contributed by atoms with Gasteiger partial charge in [-0.1, -0.05) is 52.4 Å². The summed E-state index contributed by atoms with van der Waals surface area (Å²) in [4.78, 5) is 21.6. The van der Waals surface area contributed by atoms with Crippen LogP contribution in [0.15, 0.2) is 60.0 Å². The topological polar surface area (TPSA) is 76.7 Å². The molecule has 0 aliphatic heterocycles. The van der Waals surface area contributed by atoms with Gasteiger partial charge in [-0.25, -0.2) is 0 Å². The van der Waals surface area contributed by atoms with Crippen molar-refractivity contribution in [2.45, 2.75) is 78.1 Å². The van der Waals surface area contributed by atoms with Crippen molar-refractivity contribution in [3.05, 3.63) is 87.1 Å². The van der Waals surface area contributed by atoms with Crippen LogP contribution in [0.1, 0.15) is 97.1 Å². The highest BCUT2D eigenvalue weighted by atomic mass is 32.1. The van der Waals surface area contributed by atoms with Gasteiger partial charge in [0.15, 0.2) is 0 Å². The maximum Gasteiger partial charge on any atom is 0.265 e. The van der Waals surface area contributed by atoms with E-state index in [1.54, 1.807) is 29.5 Å². The first kappa shape index (κ1) is 32.9. The standard InChI is InChI=1S/C37H37N3OS4/c1-3-5-7-9-11-25-19-20-42-35(25)32-17-15-30(43-32)31-16-18-33(44-31)36-26(12-10-8-6-4-2)22-34(45-36)37(41)40-29-14-13-27(23-38)28(21-29)24-39/h13-22H,3-12H2,1-2H3,(H,40,41). The van der Waals surface area contributed by atoms with Crippen molar-refractivity contribution in [1.29, 1.82) is 10.5 Å². The molecule has 4 heterocycles. The van der Waals surface area contributed by atoms with Gasteiger partial charge in [-0.05, 0) is 96.8 Å². The predicted molar refractivity (Wildman–Crippen MR) is 194 cm³/mol. The lowest BCUT2D eigenvalue weighted by atomic mass is 10.1. The molecule has 4 nitrogen and oxygen atoms in total. The maximum absolute atomic E-state index is 13.4. The number of nitrogens with one attached hydrogen (secondary N) is 1. The fourth-order valence-corrected chi connectivity index (χ4v) is 9.83. The van der Waals surface area contributed by atoms with E-state index in [0.717, 1.165) is 24.1 Å². The summed E-state index contributed by atoms with van der Waals surface area (Å²) in [6, 6.07) is 22.1. The highest BCUT2D eigenvalue weighted by Crippen LogP contribution is 2.45. The third-order valence-electron chi connectivity index (χ3n) is 7.80. The average molecular weight is 668 g/mol. The Bertz CT molecular complexity index is 1820. The highest BCUT2D eigenvalue weighted by Gasteiger charge is 2.19. The van der Waals surface area contributed by atoms with Crippen LogP contribution in [0.5, 0.6) is 0 Å². The van der Waals surface area contributed by atoms with Gasteiger partial charge in [-0.15, -0.1) is 45.3 Å². The zero-order valence-electron chi connectivity index (χ0n) is 25.8. The monoisotopic (exact) mass is 667 g/mol. The molecule has 45 heavy (non-hydrogen) atoms. The molecule has 230 valence electrons. The van der Waals surface area contributed by atoms with Crippen LogP contribution in [0.2, 0.25) is 0 Å². The number of unbranched alkanes of at least 4 members (excludes halogenated alkanes) is 6. The van der Waals surface area contributed by atoms with Crippen LogP contribution < -0.4 is 5.32 Å². The van der Waals surface area contributed by atoms with Gasteiger partial charge >= 0.3 is 0 Å². The van der Waals surface area contributed by atoms with E-state index in [1.807, 2.05) is 40.9 Å². The molecule has 0 bridgehead atoms. The molecule has 0 aliphatic rings. The Labute approximate surface area is 282 Å². The number of hydrogen-bond acceptors (Lipinski definition) is 7. The van der Waals surface area contributed by atoms with Crippen LogP contribution in [-0.4, -0.2) is 5.91 Å². The van der Waals surface area contributed by atoms with Crippen molar-refractivity contribution >= 4 is 56.9 Å². The van der Waals surface area contributed by atoms with E-state index in [-0.39, 0.29) is 11.5 Å². The fraction of sp³-hybridized carbons (Fsp3) is 0.324. The number of amides is 1. The minimum absolute atomic E-state index is 0.198. The Morgan fingerprint density at radius 3 is 1.93 bits per heavy atom. The molecule has 0 unspecified atom stereocenters.